The highest BCUT2D eigenvalue weighted by molar-refractivity contribution is 6.30. The number of carboxylic acid groups (broad SMARTS) is 1. The number of carbonyl (C=O) groups excluding carboxylic acids is 1. The molecule has 0 bridgehead atoms. The molecule has 2 rings (SSSR count). The van der Waals surface area contributed by atoms with Crippen LogP contribution in [-0.4, -0.2) is 23.0 Å². The molecule has 0 fully saturated rings. The van der Waals surface area contributed by atoms with Gasteiger partial charge in [0.15, 0.2) is 0 Å². The van der Waals surface area contributed by atoms with Crippen LogP contribution in [0.3, 0.4) is 0 Å². The van der Waals surface area contributed by atoms with Gasteiger partial charge in [0.1, 0.15) is 11.9 Å². The van der Waals surface area contributed by atoms with Gasteiger partial charge in [0.05, 0.1) is 5.56 Å². The fourth-order valence-corrected chi connectivity index (χ4v) is 2.19. The molecule has 0 heterocycles. The molecule has 1 atom stereocenters. The molecule has 0 radical (unpaired) electrons. The highest BCUT2D eigenvalue weighted by Crippen LogP contribution is 2.13. The van der Waals surface area contributed by atoms with Crippen LogP contribution in [0.5, 0.6) is 0 Å². The first kappa shape index (κ1) is 16.0. The minimum atomic E-state index is -1.20. The van der Waals surface area contributed by atoms with Crippen LogP contribution in [0.4, 0.5) is 4.39 Å². The quantitative estimate of drug-likeness (QED) is 0.890. The fourth-order valence-electron chi connectivity index (χ4n) is 1.98. The predicted molar refractivity (Wildman–Crippen MR) is 80.4 cm³/mol. The van der Waals surface area contributed by atoms with Crippen molar-refractivity contribution in [1.29, 1.82) is 0 Å². The maximum absolute atomic E-state index is 13.5. The Morgan fingerprint density at radius 1 is 1.18 bits per heavy atom. The second-order valence-corrected chi connectivity index (χ2v) is 5.11. The van der Waals surface area contributed by atoms with E-state index in [0.29, 0.717) is 10.6 Å². The van der Waals surface area contributed by atoms with Gasteiger partial charge in [0.25, 0.3) is 5.91 Å². The van der Waals surface area contributed by atoms with E-state index < -0.39 is 23.7 Å². The second-order valence-electron chi connectivity index (χ2n) is 4.68. The number of amides is 1. The van der Waals surface area contributed by atoms with Gasteiger partial charge in [-0.3, -0.25) is 4.79 Å². The van der Waals surface area contributed by atoms with Crippen LogP contribution in [-0.2, 0) is 11.2 Å². The normalized spacial score (nSPS) is 11.7. The van der Waals surface area contributed by atoms with Crippen LogP contribution in [0.25, 0.3) is 0 Å². The number of aliphatic carboxylic acids is 1. The summed E-state index contributed by atoms with van der Waals surface area (Å²) >= 11 is 5.85. The summed E-state index contributed by atoms with van der Waals surface area (Å²) in [5.41, 5.74) is 0.466. The molecule has 0 saturated heterocycles. The molecule has 0 aromatic heterocycles. The molecule has 114 valence electrons. The maximum atomic E-state index is 13.5. The highest BCUT2D eigenvalue weighted by atomic mass is 35.5. The summed E-state index contributed by atoms with van der Waals surface area (Å²) < 4.78 is 13.5. The van der Waals surface area contributed by atoms with Gasteiger partial charge in [-0.2, -0.15) is 0 Å². The van der Waals surface area contributed by atoms with Crippen molar-refractivity contribution in [3.63, 3.8) is 0 Å². The SMILES string of the molecule is O=C(N[C@@H](Cc1cccc(Cl)c1)C(=O)O)c1ccccc1F. The average molecular weight is 322 g/mol. The van der Waals surface area contributed by atoms with E-state index in [1.807, 2.05) is 0 Å². The van der Waals surface area contributed by atoms with Gasteiger partial charge in [0.2, 0.25) is 0 Å². The van der Waals surface area contributed by atoms with E-state index >= 15 is 0 Å². The van der Waals surface area contributed by atoms with Crippen molar-refractivity contribution in [1.82, 2.24) is 5.32 Å². The summed E-state index contributed by atoms with van der Waals surface area (Å²) in [6, 6.07) is 10.9. The van der Waals surface area contributed by atoms with E-state index in [2.05, 4.69) is 5.32 Å². The van der Waals surface area contributed by atoms with Crippen LogP contribution in [0.1, 0.15) is 15.9 Å². The zero-order chi connectivity index (χ0) is 16.1. The molecule has 0 unspecified atom stereocenters. The summed E-state index contributed by atoms with van der Waals surface area (Å²) in [7, 11) is 0. The molecule has 2 N–H and O–H groups in total. The number of hydrogen-bond donors (Lipinski definition) is 2. The molecule has 6 heteroatoms. The molecule has 1 amide bonds. The molecule has 0 aliphatic rings. The van der Waals surface area contributed by atoms with Crippen molar-refractivity contribution in [3.05, 3.63) is 70.5 Å². The summed E-state index contributed by atoms with van der Waals surface area (Å²) in [4.78, 5) is 23.3. The highest BCUT2D eigenvalue weighted by Gasteiger charge is 2.22. The minimum absolute atomic E-state index is 0.0517. The molecule has 0 aliphatic carbocycles. The third kappa shape index (κ3) is 4.05. The van der Waals surface area contributed by atoms with Crippen molar-refractivity contribution in [2.45, 2.75) is 12.5 Å². The Bertz CT molecular complexity index is 705. The lowest BCUT2D eigenvalue weighted by Crippen LogP contribution is -2.42. The topological polar surface area (TPSA) is 66.4 Å². The Kier molecular flexibility index (Phi) is 5.12. The van der Waals surface area contributed by atoms with E-state index in [1.165, 1.54) is 18.2 Å². The van der Waals surface area contributed by atoms with Gasteiger partial charge in [-0.15, -0.1) is 0 Å². The van der Waals surface area contributed by atoms with Crippen LogP contribution in [0, 0.1) is 5.82 Å². The Hall–Kier alpha value is -2.40. The molecular formula is C16H13ClFNO3. The molecular weight excluding hydrogens is 309 g/mol. The van der Waals surface area contributed by atoms with E-state index in [9.17, 15) is 19.1 Å². The van der Waals surface area contributed by atoms with Crippen LogP contribution in [0.15, 0.2) is 48.5 Å². The Morgan fingerprint density at radius 2 is 1.91 bits per heavy atom. The number of carbonyl (C=O) groups is 2. The second kappa shape index (κ2) is 7.04. The number of hydrogen-bond acceptors (Lipinski definition) is 2. The zero-order valence-corrected chi connectivity index (χ0v) is 12.2. The average Bonchev–Trinajstić information content (AvgIpc) is 2.46. The van der Waals surface area contributed by atoms with Crippen molar-refractivity contribution in [3.8, 4) is 0 Å². The van der Waals surface area contributed by atoms with Crippen LogP contribution in [0.2, 0.25) is 5.02 Å². The summed E-state index contributed by atoms with van der Waals surface area (Å²) in [5, 5.41) is 12.0. The fraction of sp³-hybridized carbons (Fsp3) is 0.125. The molecule has 0 saturated carbocycles. The van der Waals surface area contributed by atoms with Gasteiger partial charge >= 0.3 is 5.97 Å². The van der Waals surface area contributed by atoms with Gasteiger partial charge in [0, 0.05) is 11.4 Å². The molecule has 22 heavy (non-hydrogen) atoms. The number of halogens is 2. The summed E-state index contributed by atoms with van der Waals surface area (Å²) in [6.07, 6.45) is 0.0517. The van der Waals surface area contributed by atoms with E-state index in [-0.39, 0.29) is 12.0 Å². The Labute approximate surface area is 131 Å². The lowest BCUT2D eigenvalue weighted by atomic mass is 10.1. The summed E-state index contributed by atoms with van der Waals surface area (Å²) in [6.45, 7) is 0. The molecule has 0 aliphatic heterocycles. The first-order valence-electron chi connectivity index (χ1n) is 6.50. The molecule has 4 nitrogen and oxygen atoms in total. The standard InChI is InChI=1S/C16H13ClFNO3/c17-11-5-3-4-10(8-11)9-14(16(21)22)19-15(20)12-6-1-2-7-13(12)18/h1-8,14H,9H2,(H,19,20)(H,21,22)/t14-/m0/s1. The zero-order valence-electron chi connectivity index (χ0n) is 11.4. The van der Waals surface area contributed by atoms with Gasteiger partial charge < -0.3 is 10.4 Å². The minimum Gasteiger partial charge on any atom is -0.480 e. The third-order valence-electron chi connectivity index (χ3n) is 3.05. The summed E-state index contributed by atoms with van der Waals surface area (Å²) in [5.74, 6) is -2.68. The smallest absolute Gasteiger partial charge is 0.326 e. The molecule has 2 aromatic carbocycles. The first-order chi connectivity index (χ1) is 10.5. The Balaban J connectivity index is 2.14. The van der Waals surface area contributed by atoms with E-state index in [4.69, 9.17) is 11.6 Å². The van der Waals surface area contributed by atoms with Crippen LogP contribution >= 0.6 is 11.6 Å². The number of carboxylic acids is 1. The van der Waals surface area contributed by atoms with Gasteiger partial charge in [-0.25, -0.2) is 9.18 Å². The van der Waals surface area contributed by atoms with Gasteiger partial charge in [-0.1, -0.05) is 35.9 Å². The number of benzene rings is 2. The maximum Gasteiger partial charge on any atom is 0.326 e. The predicted octanol–water partition coefficient (Wildman–Crippen LogP) is 2.90. The molecule has 0 spiro atoms. The van der Waals surface area contributed by atoms with Crippen LogP contribution < -0.4 is 5.32 Å². The van der Waals surface area contributed by atoms with Crippen molar-refractivity contribution >= 4 is 23.5 Å². The first-order valence-corrected chi connectivity index (χ1v) is 6.88. The van der Waals surface area contributed by atoms with Crippen molar-refractivity contribution < 1.29 is 19.1 Å². The lowest BCUT2D eigenvalue weighted by Gasteiger charge is -2.15. The van der Waals surface area contributed by atoms with E-state index in [0.717, 1.165) is 6.07 Å². The Morgan fingerprint density at radius 3 is 2.55 bits per heavy atom. The lowest BCUT2D eigenvalue weighted by molar-refractivity contribution is -0.139. The number of rotatable bonds is 5. The van der Waals surface area contributed by atoms with Crippen molar-refractivity contribution in [2.75, 3.05) is 0 Å². The largest absolute Gasteiger partial charge is 0.480 e. The van der Waals surface area contributed by atoms with E-state index in [1.54, 1.807) is 24.3 Å². The third-order valence-corrected chi connectivity index (χ3v) is 3.29. The van der Waals surface area contributed by atoms with Gasteiger partial charge in [-0.05, 0) is 29.8 Å². The number of nitrogens with one attached hydrogen (secondary N) is 1. The molecule has 2 aromatic rings. The monoisotopic (exact) mass is 321 g/mol. The van der Waals surface area contributed by atoms with Crippen molar-refractivity contribution in [2.24, 2.45) is 0 Å².